The fraction of sp³-hybridized carbons (Fsp3) is 1.00. The van der Waals surface area contributed by atoms with Gasteiger partial charge in [0.25, 0.3) is 0 Å². The van der Waals surface area contributed by atoms with Crippen LogP contribution in [0.4, 0.5) is 0 Å². The van der Waals surface area contributed by atoms with Gasteiger partial charge in [-0.3, -0.25) is 0 Å². The Morgan fingerprint density at radius 2 is 0.950 bits per heavy atom. The van der Waals surface area contributed by atoms with Crippen LogP contribution in [0.5, 0.6) is 0 Å². The standard InChI is InChI=1S/2C5H13O3P.2ClH/c2*1-2-3-4-5-8-9(6)7;;/h2*6-7H,2-5H2,1H3;2*1H. The highest BCUT2D eigenvalue weighted by Crippen LogP contribution is 2.24. The minimum Gasteiger partial charge on any atom is -0.328 e. The maximum Gasteiger partial charge on any atom is 0.327 e. The monoisotopic (exact) mass is 376 g/mol. The van der Waals surface area contributed by atoms with Crippen molar-refractivity contribution in [2.45, 2.75) is 52.4 Å². The molecule has 0 rings (SSSR count). The van der Waals surface area contributed by atoms with Gasteiger partial charge in [0.15, 0.2) is 0 Å². The van der Waals surface area contributed by atoms with E-state index in [4.69, 9.17) is 19.6 Å². The molecule has 0 saturated heterocycles. The molecule has 0 unspecified atom stereocenters. The second-order valence-electron chi connectivity index (χ2n) is 3.59. The lowest BCUT2D eigenvalue weighted by molar-refractivity contribution is 0.248. The number of rotatable bonds is 10. The Kier molecular flexibility index (Phi) is 36.8. The fourth-order valence-corrected chi connectivity index (χ4v) is 1.58. The molecule has 0 aliphatic rings. The quantitative estimate of drug-likeness (QED) is 0.343. The number of hydrogen-bond donors (Lipinski definition) is 4. The van der Waals surface area contributed by atoms with Crippen LogP contribution in [0, 0.1) is 0 Å². The van der Waals surface area contributed by atoms with E-state index < -0.39 is 17.2 Å². The fourth-order valence-electron chi connectivity index (χ4n) is 0.997. The zero-order valence-electron chi connectivity index (χ0n) is 12.0. The summed E-state index contributed by atoms with van der Waals surface area (Å²) in [6.45, 7) is 5.10. The maximum atomic E-state index is 8.25. The van der Waals surface area contributed by atoms with Crippen molar-refractivity contribution in [2.75, 3.05) is 13.2 Å². The largest absolute Gasteiger partial charge is 0.328 e. The summed E-state index contributed by atoms with van der Waals surface area (Å²) in [5, 5.41) is 0. The van der Waals surface area contributed by atoms with E-state index in [1.807, 2.05) is 0 Å². The highest BCUT2D eigenvalue weighted by atomic mass is 35.5. The topological polar surface area (TPSA) is 99.4 Å². The SMILES string of the molecule is CCCCCOP(O)O.CCCCCOP(O)O.Cl.Cl. The smallest absolute Gasteiger partial charge is 0.327 e. The lowest BCUT2D eigenvalue weighted by atomic mass is 10.3. The first-order valence-corrected chi connectivity index (χ1v) is 8.49. The van der Waals surface area contributed by atoms with Crippen molar-refractivity contribution >= 4 is 42.0 Å². The van der Waals surface area contributed by atoms with Crippen molar-refractivity contribution in [3.8, 4) is 0 Å². The summed E-state index contributed by atoms with van der Waals surface area (Å²) in [5.41, 5.74) is 0. The Labute approximate surface area is 136 Å². The molecule has 0 heterocycles. The van der Waals surface area contributed by atoms with Crippen LogP contribution in [-0.2, 0) is 9.05 Å². The first-order valence-electron chi connectivity index (χ1n) is 6.16. The third kappa shape index (κ3) is 36.5. The lowest BCUT2D eigenvalue weighted by Gasteiger charge is -2.01. The molecule has 0 radical (unpaired) electrons. The van der Waals surface area contributed by atoms with Gasteiger partial charge < -0.3 is 28.6 Å². The molecule has 0 aromatic heterocycles. The molecule has 0 aromatic rings. The minimum atomic E-state index is -2.12. The van der Waals surface area contributed by atoms with E-state index in [2.05, 4.69) is 22.9 Å². The van der Waals surface area contributed by atoms with Crippen LogP contribution >= 0.6 is 42.0 Å². The van der Waals surface area contributed by atoms with E-state index in [-0.39, 0.29) is 24.8 Å². The molecular weight excluding hydrogens is 349 g/mol. The van der Waals surface area contributed by atoms with E-state index in [1.165, 1.54) is 0 Å². The Morgan fingerprint density at radius 3 is 1.15 bits per heavy atom. The summed E-state index contributed by atoms with van der Waals surface area (Å²) in [5.74, 6) is 0. The van der Waals surface area contributed by atoms with Gasteiger partial charge >= 0.3 is 17.2 Å². The van der Waals surface area contributed by atoms with Crippen molar-refractivity contribution < 1.29 is 28.6 Å². The summed E-state index contributed by atoms with van der Waals surface area (Å²) in [6, 6.07) is 0. The van der Waals surface area contributed by atoms with Crippen LogP contribution in [0.1, 0.15) is 52.4 Å². The molecule has 10 heteroatoms. The number of halogens is 2. The molecule has 0 fully saturated rings. The van der Waals surface area contributed by atoms with E-state index in [0.29, 0.717) is 13.2 Å². The van der Waals surface area contributed by atoms with Crippen LogP contribution < -0.4 is 0 Å². The van der Waals surface area contributed by atoms with E-state index >= 15 is 0 Å². The van der Waals surface area contributed by atoms with Gasteiger partial charge in [-0.1, -0.05) is 39.5 Å². The number of unbranched alkanes of at least 4 members (excludes halogenated alkanes) is 4. The summed E-state index contributed by atoms with van der Waals surface area (Å²) in [6.07, 6.45) is 6.25. The summed E-state index contributed by atoms with van der Waals surface area (Å²) < 4.78 is 9.04. The Bertz CT molecular complexity index is 142. The zero-order valence-corrected chi connectivity index (χ0v) is 15.4. The molecule has 0 aliphatic carbocycles. The number of hydrogen-bond acceptors (Lipinski definition) is 6. The maximum absolute atomic E-state index is 8.25. The third-order valence-electron chi connectivity index (χ3n) is 1.91. The Morgan fingerprint density at radius 1 is 0.650 bits per heavy atom. The predicted octanol–water partition coefficient (Wildman–Crippen LogP) is 3.65. The van der Waals surface area contributed by atoms with E-state index in [9.17, 15) is 0 Å². The molecule has 0 bridgehead atoms. The Balaban J connectivity index is -0.000000116. The van der Waals surface area contributed by atoms with Gasteiger partial charge in [-0.15, -0.1) is 24.8 Å². The summed E-state index contributed by atoms with van der Waals surface area (Å²) in [7, 11) is -4.23. The van der Waals surface area contributed by atoms with Crippen LogP contribution in [-0.4, -0.2) is 32.8 Å². The van der Waals surface area contributed by atoms with Gasteiger partial charge in [0.05, 0.1) is 13.2 Å². The van der Waals surface area contributed by atoms with Crippen molar-refractivity contribution in [3.63, 3.8) is 0 Å². The molecule has 20 heavy (non-hydrogen) atoms. The van der Waals surface area contributed by atoms with Gasteiger partial charge in [0, 0.05) is 0 Å². The molecule has 0 saturated carbocycles. The summed E-state index contributed by atoms with van der Waals surface area (Å²) in [4.78, 5) is 33.0. The second-order valence-corrected chi connectivity index (χ2v) is 5.11. The molecular formula is C10H28Cl2O6P2. The molecule has 4 N–H and O–H groups in total. The average molecular weight is 377 g/mol. The zero-order chi connectivity index (χ0) is 14.2. The normalized spacial score (nSPS) is 9.60. The van der Waals surface area contributed by atoms with Gasteiger partial charge in [0.2, 0.25) is 0 Å². The van der Waals surface area contributed by atoms with Crippen molar-refractivity contribution in [1.82, 2.24) is 0 Å². The Hall–Kier alpha value is 1.20. The lowest BCUT2D eigenvalue weighted by Crippen LogP contribution is -1.87. The van der Waals surface area contributed by atoms with Gasteiger partial charge in [-0.25, -0.2) is 0 Å². The van der Waals surface area contributed by atoms with E-state index in [0.717, 1.165) is 38.5 Å². The predicted molar refractivity (Wildman–Crippen MR) is 88.2 cm³/mol. The van der Waals surface area contributed by atoms with Crippen LogP contribution in [0.25, 0.3) is 0 Å². The van der Waals surface area contributed by atoms with Gasteiger partial charge in [-0.05, 0) is 12.8 Å². The average Bonchev–Trinajstić information content (AvgIpc) is 2.31. The molecule has 6 nitrogen and oxygen atoms in total. The van der Waals surface area contributed by atoms with Gasteiger partial charge in [0.1, 0.15) is 0 Å². The van der Waals surface area contributed by atoms with Gasteiger partial charge in [-0.2, -0.15) is 0 Å². The van der Waals surface area contributed by atoms with E-state index in [1.54, 1.807) is 0 Å². The van der Waals surface area contributed by atoms with Crippen molar-refractivity contribution in [3.05, 3.63) is 0 Å². The molecule has 0 spiro atoms. The highest BCUT2D eigenvalue weighted by Gasteiger charge is 1.96. The van der Waals surface area contributed by atoms with Crippen LogP contribution in [0.2, 0.25) is 0 Å². The molecule has 0 aliphatic heterocycles. The molecule has 128 valence electrons. The van der Waals surface area contributed by atoms with Crippen molar-refractivity contribution in [2.24, 2.45) is 0 Å². The molecule has 0 atom stereocenters. The first-order chi connectivity index (χ1) is 8.54. The third-order valence-corrected chi connectivity index (χ3v) is 2.74. The second kappa shape index (κ2) is 25.2. The molecule has 0 amide bonds. The molecule has 0 aromatic carbocycles. The van der Waals surface area contributed by atoms with Crippen LogP contribution in [0.15, 0.2) is 0 Å². The first kappa shape index (κ1) is 29.2. The summed E-state index contributed by atoms with van der Waals surface area (Å²) >= 11 is 0. The minimum absolute atomic E-state index is 0. The van der Waals surface area contributed by atoms with Crippen molar-refractivity contribution in [1.29, 1.82) is 0 Å². The highest BCUT2D eigenvalue weighted by molar-refractivity contribution is 7.39. The van der Waals surface area contributed by atoms with Crippen LogP contribution in [0.3, 0.4) is 0 Å².